The zero-order valence-electron chi connectivity index (χ0n) is 4.79. The van der Waals surface area contributed by atoms with Gasteiger partial charge in [-0.05, 0) is 6.42 Å². The third-order valence-electron chi connectivity index (χ3n) is 1.52. The number of thioether (sulfide) groups is 1. The molecule has 1 atom stereocenters. The van der Waals surface area contributed by atoms with Gasteiger partial charge in [-0.3, -0.25) is 0 Å². The fourth-order valence-corrected chi connectivity index (χ4v) is 3.10. The molecule has 1 heterocycles. The Bertz CT molecular complexity index is 87.7. The molecular weight excluding hydrogens is 156 g/mol. The van der Waals surface area contributed by atoms with Crippen molar-refractivity contribution in [2.45, 2.75) is 16.8 Å². The van der Waals surface area contributed by atoms with Crippen LogP contribution in [0.1, 0.15) is 13.3 Å². The van der Waals surface area contributed by atoms with Crippen molar-refractivity contribution in [1.29, 1.82) is 0 Å². The second-order valence-electron chi connectivity index (χ2n) is 2.07. The summed E-state index contributed by atoms with van der Waals surface area (Å²) < 4.78 is -0.00521. The second kappa shape index (κ2) is 2.35. The molecule has 0 aliphatic carbocycles. The lowest BCUT2D eigenvalue weighted by molar-refractivity contribution is 0.572. The van der Waals surface area contributed by atoms with Gasteiger partial charge in [0, 0.05) is 11.7 Å². The lowest BCUT2D eigenvalue weighted by Gasteiger charge is -2.40. The summed E-state index contributed by atoms with van der Waals surface area (Å²) in [5, 5.41) is 0. The van der Waals surface area contributed by atoms with Crippen molar-refractivity contribution in [3.05, 3.63) is 0 Å². The SMILES string of the molecule is CCC1CSC1(S)S. The molecule has 0 bridgehead atoms. The highest BCUT2D eigenvalue weighted by Crippen LogP contribution is 2.53. The molecule has 1 rings (SSSR count). The summed E-state index contributed by atoms with van der Waals surface area (Å²) in [6.07, 6.45) is 1.21. The zero-order valence-corrected chi connectivity index (χ0v) is 7.40. The van der Waals surface area contributed by atoms with Crippen molar-refractivity contribution in [3.8, 4) is 0 Å². The molecule has 1 fully saturated rings. The van der Waals surface area contributed by atoms with Crippen LogP contribution in [0.4, 0.5) is 0 Å². The molecule has 1 saturated heterocycles. The summed E-state index contributed by atoms with van der Waals surface area (Å²) >= 11 is 10.5. The first-order valence-corrected chi connectivity index (χ1v) is 4.63. The second-order valence-corrected chi connectivity index (χ2v) is 5.71. The van der Waals surface area contributed by atoms with Crippen molar-refractivity contribution in [1.82, 2.24) is 0 Å². The maximum Gasteiger partial charge on any atom is 0.104 e. The third kappa shape index (κ3) is 1.14. The highest BCUT2D eigenvalue weighted by atomic mass is 32.2. The number of hydrogen-bond acceptors (Lipinski definition) is 3. The van der Waals surface area contributed by atoms with E-state index < -0.39 is 0 Å². The molecule has 0 spiro atoms. The molecule has 1 unspecified atom stereocenters. The van der Waals surface area contributed by atoms with Crippen LogP contribution in [-0.4, -0.2) is 9.16 Å². The van der Waals surface area contributed by atoms with Crippen LogP contribution in [-0.2, 0) is 0 Å². The lowest BCUT2D eigenvalue weighted by atomic mass is 10.1. The van der Waals surface area contributed by atoms with E-state index in [0.717, 1.165) is 5.92 Å². The number of thiol groups is 2. The summed E-state index contributed by atoms with van der Waals surface area (Å²) in [7, 11) is 0. The van der Waals surface area contributed by atoms with Gasteiger partial charge in [-0.25, -0.2) is 0 Å². The van der Waals surface area contributed by atoms with E-state index in [1.807, 2.05) is 11.8 Å². The molecule has 0 aromatic heterocycles. The largest absolute Gasteiger partial charge is 0.151 e. The molecule has 48 valence electrons. The molecule has 0 radical (unpaired) electrons. The Morgan fingerprint density at radius 2 is 2.38 bits per heavy atom. The first kappa shape index (κ1) is 7.16. The fraction of sp³-hybridized carbons (Fsp3) is 1.00. The molecule has 0 aromatic carbocycles. The minimum Gasteiger partial charge on any atom is -0.151 e. The Labute approximate surface area is 65.6 Å². The molecule has 1 aliphatic heterocycles. The van der Waals surface area contributed by atoms with Crippen LogP contribution < -0.4 is 0 Å². The predicted molar refractivity (Wildman–Crippen MR) is 46.9 cm³/mol. The maximum absolute atomic E-state index is 4.34. The van der Waals surface area contributed by atoms with Gasteiger partial charge in [0.15, 0.2) is 0 Å². The highest BCUT2D eigenvalue weighted by molar-refractivity contribution is 8.25. The molecule has 0 saturated carbocycles. The molecule has 0 amide bonds. The molecule has 0 N–H and O–H groups in total. The summed E-state index contributed by atoms with van der Waals surface area (Å²) in [6, 6.07) is 0. The molecule has 0 aromatic rings. The van der Waals surface area contributed by atoms with Crippen LogP contribution in [0.15, 0.2) is 0 Å². The Hall–Kier alpha value is 1.05. The summed E-state index contributed by atoms with van der Waals surface area (Å²) in [5.41, 5.74) is 0. The van der Waals surface area contributed by atoms with Crippen LogP contribution in [0.3, 0.4) is 0 Å². The van der Waals surface area contributed by atoms with E-state index in [-0.39, 0.29) is 3.41 Å². The van der Waals surface area contributed by atoms with Gasteiger partial charge in [-0.1, -0.05) is 6.92 Å². The van der Waals surface area contributed by atoms with Gasteiger partial charge in [-0.15, -0.1) is 11.8 Å². The lowest BCUT2D eigenvalue weighted by Crippen LogP contribution is -2.34. The zero-order chi connectivity index (χ0) is 6.20. The minimum atomic E-state index is -0.00521. The van der Waals surface area contributed by atoms with Crippen molar-refractivity contribution in [2.75, 3.05) is 5.75 Å². The summed E-state index contributed by atoms with van der Waals surface area (Å²) in [6.45, 7) is 2.19. The Morgan fingerprint density at radius 1 is 1.75 bits per heavy atom. The quantitative estimate of drug-likeness (QED) is 0.445. The number of hydrogen-bond donors (Lipinski definition) is 2. The van der Waals surface area contributed by atoms with Crippen molar-refractivity contribution >= 4 is 37.0 Å². The maximum atomic E-state index is 4.34. The molecule has 0 nitrogen and oxygen atoms in total. The average Bonchev–Trinajstić information content (AvgIpc) is 1.66. The topological polar surface area (TPSA) is 0 Å². The molecule has 8 heavy (non-hydrogen) atoms. The molecule has 3 heteroatoms. The van der Waals surface area contributed by atoms with Gasteiger partial charge < -0.3 is 0 Å². The Morgan fingerprint density at radius 3 is 2.38 bits per heavy atom. The Balaban J connectivity index is 2.37. The van der Waals surface area contributed by atoms with Gasteiger partial charge in [0.2, 0.25) is 0 Å². The van der Waals surface area contributed by atoms with Gasteiger partial charge in [0.1, 0.15) is 3.41 Å². The van der Waals surface area contributed by atoms with E-state index in [1.165, 1.54) is 12.2 Å². The van der Waals surface area contributed by atoms with Gasteiger partial charge in [0.05, 0.1) is 0 Å². The van der Waals surface area contributed by atoms with E-state index in [9.17, 15) is 0 Å². The highest BCUT2D eigenvalue weighted by Gasteiger charge is 2.40. The van der Waals surface area contributed by atoms with Crippen LogP contribution >= 0.6 is 37.0 Å². The van der Waals surface area contributed by atoms with Gasteiger partial charge >= 0.3 is 0 Å². The standard InChI is InChI=1S/C5H10S3/c1-2-4-3-8-5(4,6)7/h4,6-7H,2-3H2,1H3. The molecular formula is C5H10S3. The summed E-state index contributed by atoms with van der Waals surface area (Å²) in [5.74, 6) is 1.96. The Kier molecular flexibility index (Phi) is 2.10. The smallest absolute Gasteiger partial charge is 0.104 e. The monoisotopic (exact) mass is 166 g/mol. The van der Waals surface area contributed by atoms with Crippen LogP contribution in [0.5, 0.6) is 0 Å². The van der Waals surface area contributed by atoms with Gasteiger partial charge in [-0.2, -0.15) is 25.3 Å². The van der Waals surface area contributed by atoms with E-state index in [2.05, 4.69) is 32.2 Å². The van der Waals surface area contributed by atoms with Crippen molar-refractivity contribution in [3.63, 3.8) is 0 Å². The van der Waals surface area contributed by atoms with Crippen molar-refractivity contribution in [2.24, 2.45) is 5.92 Å². The van der Waals surface area contributed by atoms with Crippen LogP contribution in [0.2, 0.25) is 0 Å². The number of rotatable bonds is 1. The summed E-state index contributed by atoms with van der Waals surface area (Å²) in [4.78, 5) is 0. The third-order valence-corrected chi connectivity index (χ3v) is 4.35. The van der Waals surface area contributed by atoms with E-state index >= 15 is 0 Å². The van der Waals surface area contributed by atoms with E-state index in [0.29, 0.717) is 0 Å². The molecule has 1 aliphatic rings. The van der Waals surface area contributed by atoms with Crippen LogP contribution in [0, 0.1) is 5.92 Å². The van der Waals surface area contributed by atoms with E-state index in [1.54, 1.807) is 0 Å². The van der Waals surface area contributed by atoms with Crippen LogP contribution in [0.25, 0.3) is 0 Å². The van der Waals surface area contributed by atoms with Crippen molar-refractivity contribution < 1.29 is 0 Å². The first-order valence-electron chi connectivity index (χ1n) is 2.75. The first-order chi connectivity index (χ1) is 3.67. The normalized spacial score (nSPS) is 34.1. The average molecular weight is 166 g/mol. The minimum absolute atomic E-state index is 0.00521. The fourth-order valence-electron chi connectivity index (χ4n) is 0.734. The van der Waals surface area contributed by atoms with E-state index in [4.69, 9.17) is 0 Å². The van der Waals surface area contributed by atoms with Gasteiger partial charge in [0.25, 0.3) is 0 Å². The predicted octanol–water partition coefficient (Wildman–Crippen LogP) is 2.27.